The number of piperidine rings is 1. The smallest absolute Gasteiger partial charge is 0.254 e. The summed E-state index contributed by atoms with van der Waals surface area (Å²) in [6, 6.07) is 3.73. The second-order valence-corrected chi connectivity index (χ2v) is 9.13. The van der Waals surface area contributed by atoms with Gasteiger partial charge in [0.15, 0.2) is 0 Å². The van der Waals surface area contributed by atoms with E-state index in [4.69, 9.17) is 0 Å². The highest BCUT2D eigenvalue weighted by Gasteiger charge is 2.30. The summed E-state index contributed by atoms with van der Waals surface area (Å²) < 4.78 is 41.5. The van der Waals surface area contributed by atoms with E-state index in [2.05, 4.69) is 6.92 Å². The van der Waals surface area contributed by atoms with Crippen molar-refractivity contribution in [3.8, 4) is 0 Å². The number of rotatable bonds is 8. The number of benzene rings is 1. The van der Waals surface area contributed by atoms with Crippen LogP contribution in [-0.4, -0.2) is 49.2 Å². The minimum absolute atomic E-state index is 0.0382. The Morgan fingerprint density at radius 1 is 1.22 bits per heavy atom. The van der Waals surface area contributed by atoms with Gasteiger partial charge in [-0.05, 0) is 50.8 Å². The molecule has 2 rings (SSSR count). The lowest BCUT2D eigenvalue weighted by Gasteiger charge is -2.29. The lowest BCUT2D eigenvalue weighted by Crippen LogP contribution is -2.39. The van der Waals surface area contributed by atoms with Crippen molar-refractivity contribution in [3.05, 3.63) is 29.6 Å². The first-order valence-corrected chi connectivity index (χ1v) is 11.4. The molecule has 0 N–H and O–H groups in total. The van der Waals surface area contributed by atoms with Gasteiger partial charge in [-0.1, -0.05) is 26.7 Å². The van der Waals surface area contributed by atoms with E-state index in [9.17, 15) is 17.6 Å². The van der Waals surface area contributed by atoms with E-state index in [1.165, 1.54) is 16.4 Å². The van der Waals surface area contributed by atoms with Crippen LogP contribution in [0.1, 0.15) is 69.7 Å². The lowest BCUT2D eigenvalue weighted by molar-refractivity contribution is 0.0685. The number of sulfonamides is 1. The van der Waals surface area contributed by atoms with Gasteiger partial charge in [-0.2, -0.15) is 4.31 Å². The fraction of sp³-hybridized carbons (Fsp3) is 0.650. The van der Waals surface area contributed by atoms with Crippen LogP contribution in [0.3, 0.4) is 0 Å². The maximum Gasteiger partial charge on any atom is 0.254 e. The van der Waals surface area contributed by atoms with Gasteiger partial charge < -0.3 is 4.90 Å². The summed E-state index contributed by atoms with van der Waals surface area (Å²) in [5, 5.41) is 0. The number of nitrogens with zero attached hydrogens (tertiary/aromatic N) is 2. The number of amides is 1. The van der Waals surface area contributed by atoms with Crippen molar-refractivity contribution in [2.45, 2.75) is 70.2 Å². The minimum Gasteiger partial charge on any atom is -0.336 e. The predicted molar refractivity (Wildman–Crippen MR) is 105 cm³/mol. The standard InChI is InChI=1S/C20H31FN2O3S/c1-4-6-14-23(16(3)5-2)20(24)17-10-11-18(21)19(15-17)27(25,26)22-12-8-7-9-13-22/h10-11,15-16H,4-9,12-14H2,1-3H3. The molecule has 1 heterocycles. The molecule has 5 nitrogen and oxygen atoms in total. The Hall–Kier alpha value is -1.47. The van der Waals surface area contributed by atoms with Gasteiger partial charge in [-0.3, -0.25) is 4.79 Å². The molecule has 0 bridgehead atoms. The molecule has 0 spiro atoms. The molecule has 152 valence electrons. The molecular weight excluding hydrogens is 367 g/mol. The van der Waals surface area contributed by atoms with Crippen LogP contribution >= 0.6 is 0 Å². The van der Waals surface area contributed by atoms with E-state index in [0.29, 0.717) is 19.6 Å². The molecule has 27 heavy (non-hydrogen) atoms. The molecule has 1 aliphatic heterocycles. The van der Waals surface area contributed by atoms with Gasteiger partial charge >= 0.3 is 0 Å². The third-order valence-electron chi connectivity index (χ3n) is 5.25. The van der Waals surface area contributed by atoms with E-state index in [1.807, 2.05) is 13.8 Å². The number of carbonyl (C=O) groups excluding carboxylic acids is 1. The van der Waals surface area contributed by atoms with Crippen molar-refractivity contribution in [2.75, 3.05) is 19.6 Å². The van der Waals surface area contributed by atoms with Gasteiger partial charge in [0.05, 0.1) is 0 Å². The van der Waals surface area contributed by atoms with Crippen molar-refractivity contribution < 1.29 is 17.6 Å². The quantitative estimate of drug-likeness (QED) is 0.664. The first-order valence-electron chi connectivity index (χ1n) is 9.93. The average Bonchev–Trinajstić information content (AvgIpc) is 2.68. The highest BCUT2D eigenvalue weighted by molar-refractivity contribution is 7.89. The van der Waals surface area contributed by atoms with Crippen LogP contribution in [0.2, 0.25) is 0 Å². The average molecular weight is 399 g/mol. The van der Waals surface area contributed by atoms with Crippen molar-refractivity contribution in [3.63, 3.8) is 0 Å². The first-order chi connectivity index (χ1) is 12.8. The fourth-order valence-electron chi connectivity index (χ4n) is 3.32. The molecule has 0 aliphatic carbocycles. The summed E-state index contributed by atoms with van der Waals surface area (Å²) in [6.07, 6.45) is 5.16. The Bertz CT molecular complexity index is 746. The van der Waals surface area contributed by atoms with Crippen LogP contribution in [0.4, 0.5) is 4.39 Å². The van der Waals surface area contributed by atoms with Gasteiger partial charge in [0, 0.05) is 31.2 Å². The van der Waals surface area contributed by atoms with E-state index in [-0.39, 0.29) is 17.5 Å². The Kier molecular flexibility index (Phi) is 7.79. The Labute approximate surface area is 162 Å². The monoisotopic (exact) mass is 398 g/mol. The summed E-state index contributed by atoms with van der Waals surface area (Å²) in [5.41, 5.74) is 0.225. The minimum atomic E-state index is -3.93. The van der Waals surface area contributed by atoms with Crippen molar-refractivity contribution in [1.82, 2.24) is 9.21 Å². The van der Waals surface area contributed by atoms with Crippen molar-refractivity contribution >= 4 is 15.9 Å². The van der Waals surface area contributed by atoms with Gasteiger partial charge in [0.1, 0.15) is 10.7 Å². The Balaban J connectivity index is 2.36. The summed E-state index contributed by atoms with van der Waals surface area (Å²) in [7, 11) is -3.93. The number of hydrogen-bond acceptors (Lipinski definition) is 3. The van der Waals surface area contributed by atoms with Gasteiger partial charge in [0.2, 0.25) is 10.0 Å². The third-order valence-corrected chi connectivity index (χ3v) is 7.16. The zero-order valence-electron chi connectivity index (χ0n) is 16.6. The topological polar surface area (TPSA) is 57.7 Å². The number of hydrogen-bond donors (Lipinski definition) is 0. The number of unbranched alkanes of at least 4 members (excludes halogenated alkanes) is 1. The molecule has 1 aliphatic rings. The predicted octanol–water partition coefficient (Wildman–Crippen LogP) is 4.04. The second-order valence-electron chi connectivity index (χ2n) is 7.22. The molecule has 1 aromatic carbocycles. The first kappa shape index (κ1) is 21.8. The molecule has 1 saturated heterocycles. The highest BCUT2D eigenvalue weighted by Crippen LogP contribution is 2.25. The Morgan fingerprint density at radius 2 is 1.89 bits per heavy atom. The molecule has 0 saturated carbocycles. The molecule has 1 aromatic rings. The number of halogens is 1. The molecule has 7 heteroatoms. The van der Waals surface area contributed by atoms with Gasteiger partial charge in [0.25, 0.3) is 5.91 Å². The van der Waals surface area contributed by atoms with Crippen LogP contribution in [0.5, 0.6) is 0 Å². The van der Waals surface area contributed by atoms with Crippen LogP contribution in [0, 0.1) is 5.82 Å². The lowest BCUT2D eigenvalue weighted by atomic mass is 10.1. The highest BCUT2D eigenvalue weighted by atomic mass is 32.2. The van der Waals surface area contributed by atoms with Gasteiger partial charge in [-0.15, -0.1) is 0 Å². The summed E-state index contributed by atoms with van der Waals surface area (Å²) in [4.78, 5) is 14.4. The van der Waals surface area contributed by atoms with Crippen molar-refractivity contribution in [1.29, 1.82) is 0 Å². The summed E-state index contributed by atoms with van der Waals surface area (Å²) in [5.74, 6) is -1.05. The largest absolute Gasteiger partial charge is 0.336 e. The van der Waals surface area contributed by atoms with Crippen LogP contribution in [-0.2, 0) is 10.0 Å². The molecule has 0 aromatic heterocycles. The van der Waals surface area contributed by atoms with E-state index >= 15 is 0 Å². The Morgan fingerprint density at radius 3 is 2.48 bits per heavy atom. The van der Waals surface area contributed by atoms with Gasteiger partial charge in [-0.25, -0.2) is 12.8 Å². The summed E-state index contributed by atoms with van der Waals surface area (Å²) in [6.45, 7) is 7.44. The van der Waals surface area contributed by atoms with E-state index < -0.39 is 20.7 Å². The maximum atomic E-state index is 14.4. The van der Waals surface area contributed by atoms with Crippen LogP contribution in [0.25, 0.3) is 0 Å². The molecule has 0 radical (unpaired) electrons. The van der Waals surface area contributed by atoms with Crippen LogP contribution in [0.15, 0.2) is 23.1 Å². The number of carbonyl (C=O) groups is 1. The maximum absolute atomic E-state index is 14.4. The third kappa shape index (κ3) is 5.08. The second kappa shape index (κ2) is 9.64. The zero-order chi connectivity index (χ0) is 20.0. The van der Waals surface area contributed by atoms with Crippen LogP contribution < -0.4 is 0 Å². The normalized spacial score (nSPS) is 16.9. The molecular formula is C20H31FN2O3S. The zero-order valence-corrected chi connectivity index (χ0v) is 17.4. The van der Waals surface area contributed by atoms with E-state index in [0.717, 1.165) is 44.6 Å². The molecule has 1 fully saturated rings. The van der Waals surface area contributed by atoms with E-state index in [1.54, 1.807) is 4.90 Å². The summed E-state index contributed by atoms with van der Waals surface area (Å²) >= 11 is 0. The van der Waals surface area contributed by atoms with Crippen molar-refractivity contribution in [2.24, 2.45) is 0 Å². The molecule has 1 atom stereocenters. The SMILES string of the molecule is CCCCN(C(=O)c1ccc(F)c(S(=O)(=O)N2CCCCC2)c1)C(C)CC. The molecule has 1 unspecified atom stereocenters. The fourth-order valence-corrected chi connectivity index (χ4v) is 4.92. The molecule has 1 amide bonds.